The molecule has 0 bridgehead atoms. The summed E-state index contributed by atoms with van der Waals surface area (Å²) in [6, 6.07) is 3.58. The summed E-state index contributed by atoms with van der Waals surface area (Å²) in [5, 5.41) is 37.3. The van der Waals surface area contributed by atoms with Gasteiger partial charge in [0.05, 0.1) is 12.5 Å². The lowest BCUT2D eigenvalue weighted by atomic mass is 10.1. The van der Waals surface area contributed by atoms with Gasteiger partial charge in [-0.25, -0.2) is 9.59 Å². The number of amides is 2. The predicted molar refractivity (Wildman–Crippen MR) is 106 cm³/mol. The first kappa shape index (κ1) is 23.6. The van der Waals surface area contributed by atoms with Crippen LogP contribution in [0, 0.1) is 0 Å². The maximum Gasteiger partial charge on any atom is 0.326 e. The van der Waals surface area contributed by atoms with Crippen molar-refractivity contribution in [1.82, 2.24) is 20.4 Å². The number of rotatable bonds is 11. The molecule has 0 saturated carbocycles. The average Bonchev–Trinajstić information content (AvgIpc) is 3.17. The van der Waals surface area contributed by atoms with Crippen LogP contribution in [0.5, 0.6) is 5.75 Å². The Labute approximate surface area is 177 Å². The number of hydrogen-bond acceptors (Lipinski definition) is 8. The number of urea groups is 1. The second-order valence-corrected chi connectivity index (χ2v) is 6.87. The molecule has 2 amide bonds. The molecule has 2 unspecified atom stereocenters. The van der Waals surface area contributed by atoms with Gasteiger partial charge in [-0.2, -0.15) is 0 Å². The first-order valence-electron chi connectivity index (χ1n) is 9.55. The molecule has 31 heavy (non-hydrogen) atoms. The Balaban J connectivity index is 2.03. The van der Waals surface area contributed by atoms with E-state index in [9.17, 15) is 19.5 Å². The van der Waals surface area contributed by atoms with Crippen LogP contribution in [0.4, 0.5) is 4.79 Å². The molecule has 1 heterocycles. The molecule has 12 heteroatoms. The van der Waals surface area contributed by atoms with E-state index in [0.29, 0.717) is 12.8 Å². The standard InChI is InChI=1S/C19H25N5O7/c1-2-7-24(19(30)21-14(18(28)29)9-16(26)27)10-15-22-23-17(31-15)13(20)8-11-3-5-12(25)6-4-11/h3-6,13-14,25H,2,7-10,20H2,1H3,(H,21,30)(H,26,27)(H,28,29). The van der Waals surface area contributed by atoms with Crippen molar-refractivity contribution in [3.05, 3.63) is 41.6 Å². The topological polar surface area (TPSA) is 192 Å². The van der Waals surface area contributed by atoms with Gasteiger partial charge in [-0.15, -0.1) is 10.2 Å². The molecule has 0 aliphatic carbocycles. The minimum Gasteiger partial charge on any atom is -0.508 e. The molecule has 0 spiro atoms. The van der Waals surface area contributed by atoms with Crippen molar-refractivity contribution in [2.24, 2.45) is 5.73 Å². The number of carbonyl (C=O) groups excluding carboxylic acids is 1. The number of nitrogens with one attached hydrogen (secondary N) is 1. The van der Waals surface area contributed by atoms with Crippen molar-refractivity contribution < 1.29 is 34.1 Å². The number of benzene rings is 1. The molecule has 2 atom stereocenters. The van der Waals surface area contributed by atoms with Crippen molar-refractivity contribution in [2.45, 2.75) is 44.8 Å². The summed E-state index contributed by atoms with van der Waals surface area (Å²) in [5.74, 6) is -2.40. The number of nitrogens with zero attached hydrogens (tertiary/aromatic N) is 3. The number of aromatic hydroxyl groups is 1. The summed E-state index contributed by atoms with van der Waals surface area (Å²) in [4.78, 5) is 35.7. The fraction of sp³-hybridized carbons (Fsp3) is 0.421. The lowest BCUT2D eigenvalue weighted by molar-refractivity contribution is -0.145. The van der Waals surface area contributed by atoms with E-state index in [-0.39, 0.29) is 30.6 Å². The smallest absolute Gasteiger partial charge is 0.326 e. The first-order valence-corrected chi connectivity index (χ1v) is 9.55. The van der Waals surface area contributed by atoms with Crippen molar-refractivity contribution >= 4 is 18.0 Å². The zero-order valence-corrected chi connectivity index (χ0v) is 16.9. The fourth-order valence-corrected chi connectivity index (χ4v) is 2.75. The molecule has 0 radical (unpaired) electrons. The lowest BCUT2D eigenvalue weighted by Crippen LogP contribution is -2.48. The van der Waals surface area contributed by atoms with E-state index in [4.69, 9.17) is 20.4 Å². The van der Waals surface area contributed by atoms with Crippen LogP contribution in [-0.2, 0) is 22.6 Å². The normalized spacial score (nSPS) is 12.7. The molecule has 0 aliphatic heterocycles. The molecule has 6 N–H and O–H groups in total. The maximum absolute atomic E-state index is 12.5. The number of carboxylic acids is 2. The van der Waals surface area contributed by atoms with E-state index in [0.717, 1.165) is 5.56 Å². The lowest BCUT2D eigenvalue weighted by Gasteiger charge is -2.23. The highest BCUT2D eigenvalue weighted by molar-refractivity contribution is 5.86. The molecule has 1 aromatic heterocycles. The van der Waals surface area contributed by atoms with Crippen LogP contribution in [0.3, 0.4) is 0 Å². The molecule has 168 valence electrons. The van der Waals surface area contributed by atoms with Gasteiger partial charge >= 0.3 is 18.0 Å². The molecule has 12 nitrogen and oxygen atoms in total. The molecule has 0 aliphatic rings. The first-order chi connectivity index (χ1) is 14.7. The van der Waals surface area contributed by atoms with Crippen molar-refractivity contribution in [3.8, 4) is 5.75 Å². The summed E-state index contributed by atoms with van der Waals surface area (Å²) in [5.41, 5.74) is 6.96. The van der Waals surface area contributed by atoms with E-state index >= 15 is 0 Å². The van der Waals surface area contributed by atoms with Crippen LogP contribution in [0.25, 0.3) is 0 Å². The third kappa shape index (κ3) is 7.26. The van der Waals surface area contributed by atoms with E-state index in [1.54, 1.807) is 12.1 Å². The van der Waals surface area contributed by atoms with Crippen LogP contribution in [0.1, 0.15) is 43.2 Å². The van der Waals surface area contributed by atoms with Crippen LogP contribution >= 0.6 is 0 Å². The highest BCUT2D eigenvalue weighted by Gasteiger charge is 2.26. The van der Waals surface area contributed by atoms with Gasteiger partial charge in [0, 0.05) is 6.54 Å². The van der Waals surface area contributed by atoms with E-state index < -0.39 is 36.5 Å². The highest BCUT2D eigenvalue weighted by Crippen LogP contribution is 2.18. The largest absolute Gasteiger partial charge is 0.508 e. The summed E-state index contributed by atoms with van der Waals surface area (Å²) in [6.07, 6.45) is 0.194. The Morgan fingerprint density at radius 3 is 2.45 bits per heavy atom. The number of phenolic OH excluding ortho intramolecular Hbond substituents is 1. The maximum atomic E-state index is 12.5. The quantitative estimate of drug-likeness (QED) is 0.338. The van der Waals surface area contributed by atoms with E-state index in [1.807, 2.05) is 6.92 Å². The van der Waals surface area contributed by atoms with Gasteiger partial charge in [0.1, 0.15) is 18.3 Å². The minimum atomic E-state index is -1.57. The second kappa shape index (κ2) is 10.9. The number of phenols is 1. The van der Waals surface area contributed by atoms with Crippen molar-refractivity contribution in [1.29, 1.82) is 0 Å². The van der Waals surface area contributed by atoms with Gasteiger partial charge in [-0.1, -0.05) is 19.1 Å². The van der Waals surface area contributed by atoms with Gasteiger partial charge in [-0.3, -0.25) is 4.79 Å². The molecule has 2 rings (SSSR count). The number of nitrogens with two attached hydrogens (primary N) is 1. The Morgan fingerprint density at radius 2 is 1.87 bits per heavy atom. The van der Waals surface area contributed by atoms with Crippen molar-refractivity contribution in [3.63, 3.8) is 0 Å². The third-order valence-electron chi connectivity index (χ3n) is 4.27. The number of aliphatic carboxylic acids is 2. The Kier molecular flexibility index (Phi) is 8.32. The van der Waals surface area contributed by atoms with Gasteiger partial charge in [0.2, 0.25) is 11.8 Å². The molecule has 0 fully saturated rings. The van der Waals surface area contributed by atoms with Crippen LogP contribution < -0.4 is 11.1 Å². The number of carboxylic acid groups (broad SMARTS) is 2. The van der Waals surface area contributed by atoms with Crippen LogP contribution in [-0.4, -0.2) is 61.0 Å². The number of aromatic nitrogens is 2. The van der Waals surface area contributed by atoms with E-state index in [1.165, 1.54) is 17.0 Å². The second-order valence-electron chi connectivity index (χ2n) is 6.87. The Hall–Kier alpha value is -3.67. The monoisotopic (exact) mass is 435 g/mol. The number of hydrogen-bond donors (Lipinski definition) is 5. The zero-order chi connectivity index (χ0) is 23.0. The highest BCUT2D eigenvalue weighted by atomic mass is 16.4. The SMILES string of the molecule is CCCN(Cc1nnc(C(N)Cc2ccc(O)cc2)o1)C(=O)NC(CC(=O)O)C(=O)O. The number of carbonyl (C=O) groups is 3. The van der Waals surface area contributed by atoms with Gasteiger partial charge in [0.15, 0.2) is 0 Å². The fourth-order valence-electron chi connectivity index (χ4n) is 2.75. The molecule has 2 aromatic rings. The molecular weight excluding hydrogens is 410 g/mol. The summed E-state index contributed by atoms with van der Waals surface area (Å²) in [7, 11) is 0. The minimum absolute atomic E-state index is 0.0992. The predicted octanol–water partition coefficient (Wildman–Crippen LogP) is 0.867. The molecule has 0 saturated heterocycles. The Bertz CT molecular complexity index is 899. The summed E-state index contributed by atoms with van der Waals surface area (Å²) >= 11 is 0. The Morgan fingerprint density at radius 1 is 1.19 bits per heavy atom. The third-order valence-corrected chi connectivity index (χ3v) is 4.27. The van der Waals surface area contributed by atoms with Crippen molar-refractivity contribution in [2.75, 3.05) is 6.54 Å². The molecular formula is C19H25N5O7. The summed E-state index contributed by atoms with van der Waals surface area (Å²) < 4.78 is 5.56. The van der Waals surface area contributed by atoms with E-state index in [2.05, 4.69) is 15.5 Å². The molecule has 1 aromatic carbocycles. The van der Waals surface area contributed by atoms with Gasteiger partial charge in [0.25, 0.3) is 0 Å². The zero-order valence-electron chi connectivity index (χ0n) is 16.9. The van der Waals surface area contributed by atoms with Gasteiger partial charge in [-0.05, 0) is 30.5 Å². The summed E-state index contributed by atoms with van der Waals surface area (Å²) in [6.45, 7) is 1.97. The van der Waals surface area contributed by atoms with Gasteiger partial charge < -0.3 is 35.7 Å². The van der Waals surface area contributed by atoms with Crippen LogP contribution in [0.15, 0.2) is 28.7 Å². The van der Waals surface area contributed by atoms with Crippen LogP contribution in [0.2, 0.25) is 0 Å². The average molecular weight is 435 g/mol.